The molecule has 20 heavy (non-hydrogen) atoms. The third-order valence-corrected chi connectivity index (χ3v) is 8.48. The maximum atomic E-state index is 10.3. The summed E-state index contributed by atoms with van der Waals surface area (Å²) >= 11 is 0. The van der Waals surface area contributed by atoms with Crippen LogP contribution in [0.25, 0.3) is 0 Å². The Balaban J connectivity index is 4.71. The Hall–Kier alpha value is -0.673. The summed E-state index contributed by atoms with van der Waals surface area (Å²) in [6.45, 7) is 13.6. The molecule has 3 heteroatoms. The zero-order valence-corrected chi connectivity index (χ0v) is 15.1. The first-order valence-electron chi connectivity index (χ1n) is 7.71. The molecule has 0 amide bonds. The number of hydrogen-bond donors (Lipinski definition) is 0. The van der Waals surface area contributed by atoms with Gasteiger partial charge in [0.2, 0.25) is 0 Å². The summed E-state index contributed by atoms with van der Waals surface area (Å²) < 4.78 is 6.46. The van der Waals surface area contributed by atoms with Crippen molar-refractivity contribution >= 4 is 14.6 Å². The molecule has 0 rings (SSSR count). The van der Waals surface area contributed by atoms with Gasteiger partial charge in [0, 0.05) is 0 Å². The standard InChI is InChI=1S/C17H32O2Si/c1-7-8-10-13-16(14-11-9-12-15-18)19-20(5,6)17(2,3)4/h9,11-12,14-16H,7-8,10,13H2,1-6H3/b12-9+,14-11+/t16-/m0/s1. The molecule has 0 aromatic heterocycles. The Morgan fingerprint density at radius 1 is 1.10 bits per heavy atom. The molecule has 0 aliphatic rings. The lowest BCUT2D eigenvalue weighted by molar-refractivity contribution is -0.104. The van der Waals surface area contributed by atoms with Gasteiger partial charge in [0.25, 0.3) is 0 Å². The van der Waals surface area contributed by atoms with Crippen LogP contribution in [0.15, 0.2) is 24.3 Å². The number of hydrogen-bond acceptors (Lipinski definition) is 2. The second-order valence-corrected chi connectivity index (χ2v) is 11.6. The molecule has 0 radical (unpaired) electrons. The molecule has 0 aliphatic heterocycles. The van der Waals surface area contributed by atoms with E-state index < -0.39 is 8.32 Å². The van der Waals surface area contributed by atoms with E-state index in [1.807, 2.05) is 6.08 Å². The Bertz CT molecular complexity index is 324. The molecule has 0 heterocycles. The number of aldehydes is 1. The molecule has 2 nitrogen and oxygen atoms in total. The van der Waals surface area contributed by atoms with Crippen molar-refractivity contribution < 1.29 is 9.22 Å². The molecule has 0 fully saturated rings. The van der Waals surface area contributed by atoms with Crippen LogP contribution in [0, 0.1) is 0 Å². The highest BCUT2D eigenvalue weighted by Crippen LogP contribution is 2.37. The lowest BCUT2D eigenvalue weighted by atomic mass is 10.1. The van der Waals surface area contributed by atoms with Crippen molar-refractivity contribution in [3.63, 3.8) is 0 Å². The average molecular weight is 297 g/mol. The minimum atomic E-state index is -1.74. The molecule has 0 N–H and O–H groups in total. The van der Waals surface area contributed by atoms with Gasteiger partial charge in [0.05, 0.1) is 6.10 Å². The lowest BCUT2D eigenvalue weighted by Crippen LogP contribution is -2.43. The highest BCUT2D eigenvalue weighted by atomic mass is 28.4. The molecule has 116 valence electrons. The fourth-order valence-electron chi connectivity index (χ4n) is 1.64. The summed E-state index contributed by atoms with van der Waals surface area (Å²) in [5, 5.41) is 0.225. The number of unbranched alkanes of at least 4 members (excludes halogenated alkanes) is 2. The zero-order chi connectivity index (χ0) is 15.6. The van der Waals surface area contributed by atoms with E-state index in [9.17, 15) is 4.79 Å². The molecular formula is C17H32O2Si. The number of rotatable bonds is 9. The van der Waals surface area contributed by atoms with E-state index in [1.165, 1.54) is 25.3 Å². The van der Waals surface area contributed by atoms with Crippen molar-refractivity contribution in [1.82, 2.24) is 0 Å². The maximum Gasteiger partial charge on any atom is 0.192 e. The molecule has 0 aromatic rings. The predicted octanol–water partition coefficient (Wildman–Crippen LogP) is 5.27. The highest BCUT2D eigenvalue weighted by Gasteiger charge is 2.38. The van der Waals surface area contributed by atoms with E-state index in [1.54, 1.807) is 6.08 Å². The molecular weight excluding hydrogens is 264 g/mol. The summed E-state index contributed by atoms with van der Waals surface area (Å²) in [5.41, 5.74) is 0. The molecule has 0 saturated heterocycles. The Morgan fingerprint density at radius 2 is 1.75 bits per heavy atom. The predicted molar refractivity (Wildman–Crippen MR) is 90.6 cm³/mol. The second kappa shape index (κ2) is 9.30. The van der Waals surface area contributed by atoms with E-state index >= 15 is 0 Å². The van der Waals surface area contributed by atoms with Gasteiger partial charge in [-0.2, -0.15) is 0 Å². The molecule has 0 unspecified atom stereocenters. The van der Waals surface area contributed by atoms with Crippen LogP contribution in [0.3, 0.4) is 0 Å². The van der Waals surface area contributed by atoms with Gasteiger partial charge in [-0.1, -0.05) is 65.2 Å². The van der Waals surface area contributed by atoms with Gasteiger partial charge >= 0.3 is 0 Å². The quantitative estimate of drug-likeness (QED) is 0.190. The van der Waals surface area contributed by atoms with Crippen LogP contribution in [0.2, 0.25) is 18.1 Å². The molecule has 0 bridgehead atoms. The van der Waals surface area contributed by atoms with Crippen LogP contribution in [0.5, 0.6) is 0 Å². The van der Waals surface area contributed by atoms with Crippen molar-refractivity contribution in [3.05, 3.63) is 24.3 Å². The van der Waals surface area contributed by atoms with E-state index in [0.29, 0.717) is 0 Å². The maximum absolute atomic E-state index is 10.3. The summed E-state index contributed by atoms with van der Waals surface area (Å²) in [7, 11) is -1.74. The molecule has 1 atom stereocenters. The van der Waals surface area contributed by atoms with Crippen molar-refractivity contribution in [2.45, 2.75) is 77.6 Å². The zero-order valence-electron chi connectivity index (χ0n) is 14.1. The van der Waals surface area contributed by atoms with E-state index in [2.05, 4.69) is 46.9 Å². The van der Waals surface area contributed by atoms with Crippen LogP contribution >= 0.6 is 0 Å². The van der Waals surface area contributed by atoms with Crippen molar-refractivity contribution in [2.24, 2.45) is 0 Å². The highest BCUT2D eigenvalue weighted by molar-refractivity contribution is 6.74. The smallest absolute Gasteiger partial charge is 0.192 e. The van der Waals surface area contributed by atoms with Gasteiger partial charge in [-0.15, -0.1) is 0 Å². The summed E-state index contributed by atoms with van der Waals surface area (Å²) in [4.78, 5) is 10.3. The van der Waals surface area contributed by atoms with Crippen molar-refractivity contribution in [3.8, 4) is 0 Å². The Labute approximate surface area is 126 Å². The third kappa shape index (κ3) is 7.80. The minimum absolute atomic E-state index is 0.166. The normalized spacial score (nSPS) is 15.1. The van der Waals surface area contributed by atoms with Crippen LogP contribution < -0.4 is 0 Å². The summed E-state index contributed by atoms with van der Waals surface area (Å²) in [6.07, 6.45) is 13.0. The minimum Gasteiger partial charge on any atom is -0.411 e. The first kappa shape index (κ1) is 19.3. The lowest BCUT2D eigenvalue weighted by Gasteiger charge is -2.38. The van der Waals surface area contributed by atoms with Crippen molar-refractivity contribution in [2.75, 3.05) is 0 Å². The van der Waals surface area contributed by atoms with Crippen LogP contribution in [0.4, 0.5) is 0 Å². The molecule has 0 aromatic carbocycles. The van der Waals surface area contributed by atoms with Gasteiger partial charge in [0.15, 0.2) is 8.32 Å². The second-order valence-electron chi connectivity index (χ2n) is 6.82. The van der Waals surface area contributed by atoms with Gasteiger partial charge in [-0.25, -0.2) is 0 Å². The molecule has 0 aliphatic carbocycles. The SMILES string of the molecule is CCCCC[C@@H](/C=C/C=C/C=O)O[Si](C)(C)C(C)(C)C. The van der Waals surface area contributed by atoms with Gasteiger partial charge < -0.3 is 4.43 Å². The third-order valence-electron chi connectivity index (χ3n) is 3.97. The largest absolute Gasteiger partial charge is 0.411 e. The van der Waals surface area contributed by atoms with Gasteiger partial charge in [-0.3, -0.25) is 4.79 Å². The topological polar surface area (TPSA) is 26.3 Å². The van der Waals surface area contributed by atoms with Gasteiger partial charge in [0.1, 0.15) is 6.29 Å². The summed E-state index contributed by atoms with van der Waals surface area (Å²) in [6, 6.07) is 0. The van der Waals surface area contributed by atoms with Gasteiger partial charge in [-0.05, 0) is 30.6 Å². The first-order chi connectivity index (χ1) is 9.24. The summed E-state index contributed by atoms with van der Waals surface area (Å²) in [5.74, 6) is 0. The average Bonchev–Trinajstić information content (AvgIpc) is 2.33. The Kier molecular flexibility index (Phi) is 8.98. The first-order valence-corrected chi connectivity index (χ1v) is 10.6. The van der Waals surface area contributed by atoms with Crippen LogP contribution in [0.1, 0.15) is 53.4 Å². The monoisotopic (exact) mass is 296 g/mol. The molecule has 0 saturated carbocycles. The van der Waals surface area contributed by atoms with Crippen molar-refractivity contribution in [1.29, 1.82) is 0 Å². The number of carbonyl (C=O) groups is 1. The van der Waals surface area contributed by atoms with Crippen LogP contribution in [-0.2, 0) is 9.22 Å². The fraction of sp³-hybridized carbons (Fsp3) is 0.706. The molecule has 0 spiro atoms. The Morgan fingerprint density at radius 3 is 2.25 bits per heavy atom. The van der Waals surface area contributed by atoms with Crippen LogP contribution in [-0.4, -0.2) is 20.7 Å². The number of carbonyl (C=O) groups excluding carboxylic acids is 1. The van der Waals surface area contributed by atoms with E-state index in [-0.39, 0.29) is 11.1 Å². The van der Waals surface area contributed by atoms with E-state index in [4.69, 9.17) is 4.43 Å². The fourth-order valence-corrected chi connectivity index (χ4v) is 2.95. The van der Waals surface area contributed by atoms with E-state index in [0.717, 1.165) is 12.7 Å². The number of allylic oxidation sites excluding steroid dienone is 3.